The Labute approximate surface area is 93.8 Å². The highest BCUT2D eigenvalue weighted by molar-refractivity contribution is 5.68. The van der Waals surface area contributed by atoms with Gasteiger partial charge in [-0.2, -0.15) is 0 Å². The maximum atomic E-state index is 10.8. The summed E-state index contributed by atoms with van der Waals surface area (Å²) in [5.41, 5.74) is -1.15. The van der Waals surface area contributed by atoms with Crippen LogP contribution in [0.4, 0.5) is 0 Å². The third-order valence-corrected chi connectivity index (χ3v) is 1.55. The molecule has 0 aromatic heterocycles. The first-order chi connectivity index (χ1) is 7.25. The van der Waals surface area contributed by atoms with Crippen LogP contribution in [-0.4, -0.2) is 36.7 Å². The molecule has 0 saturated heterocycles. The number of carbonyl (C=O) groups is 3. The van der Waals surface area contributed by atoms with Crippen molar-refractivity contribution < 1.29 is 28.6 Å². The summed E-state index contributed by atoms with van der Waals surface area (Å²) in [6.07, 6.45) is 0. The van der Waals surface area contributed by atoms with Crippen LogP contribution in [-0.2, 0) is 28.6 Å². The summed E-state index contributed by atoms with van der Waals surface area (Å²) in [7, 11) is 0. The lowest BCUT2D eigenvalue weighted by Gasteiger charge is -2.27. The molecule has 0 unspecified atom stereocenters. The van der Waals surface area contributed by atoms with Crippen molar-refractivity contribution in [3.05, 3.63) is 0 Å². The molecule has 0 fully saturated rings. The number of hydrogen-bond acceptors (Lipinski definition) is 6. The van der Waals surface area contributed by atoms with Gasteiger partial charge in [-0.25, -0.2) is 0 Å². The third-order valence-electron chi connectivity index (χ3n) is 1.55. The van der Waals surface area contributed by atoms with E-state index in [-0.39, 0.29) is 13.2 Å². The Kier molecular flexibility index (Phi) is 5.49. The lowest BCUT2D eigenvalue weighted by atomic mass is 10.1. The first-order valence-corrected chi connectivity index (χ1v) is 4.71. The van der Waals surface area contributed by atoms with Gasteiger partial charge in [-0.3, -0.25) is 14.4 Å². The second-order valence-electron chi connectivity index (χ2n) is 3.60. The fourth-order valence-corrected chi connectivity index (χ4v) is 0.956. The van der Waals surface area contributed by atoms with E-state index in [4.69, 9.17) is 14.2 Å². The minimum Gasteiger partial charge on any atom is -0.461 e. The van der Waals surface area contributed by atoms with Gasteiger partial charge >= 0.3 is 17.9 Å². The topological polar surface area (TPSA) is 78.9 Å². The van der Waals surface area contributed by atoms with Crippen LogP contribution < -0.4 is 0 Å². The summed E-state index contributed by atoms with van der Waals surface area (Å²) in [4.78, 5) is 32.1. The molecule has 0 amide bonds. The summed E-state index contributed by atoms with van der Waals surface area (Å²) in [6.45, 7) is 4.89. The molecular formula is C10H16O6. The zero-order chi connectivity index (χ0) is 12.8. The van der Waals surface area contributed by atoms with Crippen LogP contribution in [0.3, 0.4) is 0 Å². The van der Waals surface area contributed by atoms with Crippen LogP contribution in [0.2, 0.25) is 0 Å². The molecule has 0 radical (unpaired) electrons. The molecule has 0 spiro atoms. The Morgan fingerprint density at radius 3 is 1.50 bits per heavy atom. The monoisotopic (exact) mass is 232 g/mol. The van der Waals surface area contributed by atoms with Crippen molar-refractivity contribution in [3.63, 3.8) is 0 Å². The molecule has 0 aliphatic rings. The zero-order valence-corrected chi connectivity index (χ0v) is 9.86. The maximum absolute atomic E-state index is 10.8. The Hall–Kier alpha value is -1.59. The summed E-state index contributed by atoms with van der Waals surface area (Å²) in [5, 5.41) is 0. The Morgan fingerprint density at radius 1 is 0.875 bits per heavy atom. The lowest BCUT2D eigenvalue weighted by Crippen LogP contribution is -2.42. The van der Waals surface area contributed by atoms with E-state index in [0.29, 0.717) is 0 Å². The van der Waals surface area contributed by atoms with Gasteiger partial charge in [0.15, 0.2) is 5.60 Å². The third kappa shape index (κ3) is 6.80. The van der Waals surface area contributed by atoms with Gasteiger partial charge in [0.05, 0.1) is 0 Å². The van der Waals surface area contributed by atoms with Crippen molar-refractivity contribution in [3.8, 4) is 0 Å². The molecular weight excluding hydrogens is 216 g/mol. The molecule has 0 saturated carbocycles. The molecule has 16 heavy (non-hydrogen) atoms. The largest absolute Gasteiger partial charge is 0.461 e. The molecule has 0 aliphatic carbocycles. The van der Waals surface area contributed by atoms with Crippen LogP contribution in [0.25, 0.3) is 0 Å². The van der Waals surface area contributed by atoms with E-state index < -0.39 is 23.5 Å². The van der Waals surface area contributed by atoms with E-state index in [9.17, 15) is 14.4 Å². The van der Waals surface area contributed by atoms with E-state index in [2.05, 4.69) is 0 Å². The zero-order valence-electron chi connectivity index (χ0n) is 9.86. The number of esters is 3. The standard InChI is InChI=1S/C10H16O6/c1-7(11)14-5-10(4,16-9(3)13)6-15-8(2)12/h5-6H2,1-4H3. The number of rotatable bonds is 5. The lowest BCUT2D eigenvalue weighted by molar-refractivity contribution is -0.178. The molecule has 0 rings (SSSR count). The Bertz CT molecular complexity index is 265. The highest BCUT2D eigenvalue weighted by Crippen LogP contribution is 2.12. The molecule has 0 N–H and O–H groups in total. The first-order valence-electron chi connectivity index (χ1n) is 4.71. The summed E-state index contributed by atoms with van der Waals surface area (Å²) < 4.78 is 14.4. The Balaban J connectivity index is 4.40. The van der Waals surface area contributed by atoms with Gasteiger partial charge in [-0.15, -0.1) is 0 Å². The summed E-state index contributed by atoms with van der Waals surface area (Å²) in [5.74, 6) is -1.54. The van der Waals surface area contributed by atoms with Crippen molar-refractivity contribution in [1.82, 2.24) is 0 Å². The van der Waals surface area contributed by atoms with Gasteiger partial charge in [-0.1, -0.05) is 0 Å². The van der Waals surface area contributed by atoms with E-state index in [1.807, 2.05) is 0 Å². The van der Waals surface area contributed by atoms with Crippen LogP contribution in [0, 0.1) is 0 Å². The van der Waals surface area contributed by atoms with Gasteiger partial charge in [0.25, 0.3) is 0 Å². The van der Waals surface area contributed by atoms with Crippen LogP contribution >= 0.6 is 0 Å². The van der Waals surface area contributed by atoms with E-state index in [0.717, 1.165) is 0 Å². The number of carbonyl (C=O) groups excluding carboxylic acids is 3. The van der Waals surface area contributed by atoms with E-state index in [1.54, 1.807) is 0 Å². The average Bonchev–Trinajstić information content (AvgIpc) is 2.11. The predicted octanol–water partition coefficient (Wildman–Crippen LogP) is 0.434. The number of hydrogen-bond donors (Lipinski definition) is 0. The molecule has 0 aromatic rings. The smallest absolute Gasteiger partial charge is 0.303 e. The van der Waals surface area contributed by atoms with E-state index >= 15 is 0 Å². The molecule has 0 atom stereocenters. The normalized spacial score (nSPS) is 10.5. The second-order valence-corrected chi connectivity index (χ2v) is 3.60. The molecule has 0 aromatic carbocycles. The minimum atomic E-state index is -1.15. The fraction of sp³-hybridized carbons (Fsp3) is 0.700. The van der Waals surface area contributed by atoms with Crippen molar-refractivity contribution in [2.24, 2.45) is 0 Å². The van der Waals surface area contributed by atoms with Crippen molar-refractivity contribution in [2.75, 3.05) is 13.2 Å². The van der Waals surface area contributed by atoms with Gasteiger partial charge < -0.3 is 14.2 Å². The van der Waals surface area contributed by atoms with Gasteiger partial charge in [0, 0.05) is 20.8 Å². The fourth-order valence-electron chi connectivity index (χ4n) is 0.956. The highest BCUT2D eigenvalue weighted by atomic mass is 16.6. The van der Waals surface area contributed by atoms with Crippen LogP contribution in [0.15, 0.2) is 0 Å². The maximum Gasteiger partial charge on any atom is 0.303 e. The molecule has 92 valence electrons. The number of ether oxygens (including phenoxy) is 3. The van der Waals surface area contributed by atoms with Gasteiger partial charge in [0.1, 0.15) is 13.2 Å². The second kappa shape index (κ2) is 6.09. The molecule has 0 bridgehead atoms. The summed E-state index contributed by atoms with van der Waals surface area (Å²) >= 11 is 0. The predicted molar refractivity (Wildman–Crippen MR) is 53.4 cm³/mol. The summed E-state index contributed by atoms with van der Waals surface area (Å²) in [6, 6.07) is 0. The average molecular weight is 232 g/mol. The Morgan fingerprint density at radius 2 is 1.25 bits per heavy atom. The van der Waals surface area contributed by atoms with Crippen molar-refractivity contribution in [1.29, 1.82) is 0 Å². The van der Waals surface area contributed by atoms with Gasteiger partial charge in [-0.05, 0) is 6.92 Å². The van der Waals surface area contributed by atoms with Crippen molar-refractivity contribution in [2.45, 2.75) is 33.3 Å². The quantitative estimate of drug-likeness (QED) is 0.505. The molecule has 6 heteroatoms. The van der Waals surface area contributed by atoms with Gasteiger partial charge in [0.2, 0.25) is 0 Å². The molecule has 0 heterocycles. The SMILES string of the molecule is CC(=O)OCC(C)(COC(C)=O)OC(C)=O. The first kappa shape index (κ1) is 14.4. The van der Waals surface area contributed by atoms with Crippen LogP contribution in [0.5, 0.6) is 0 Å². The molecule has 6 nitrogen and oxygen atoms in total. The molecule has 0 aliphatic heterocycles. The minimum absolute atomic E-state index is 0.158. The van der Waals surface area contributed by atoms with E-state index in [1.165, 1.54) is 27.7 Å². The van der Waals surface area contributed by atoms with Crippen LogP contribution in [0.1, 0.15) is 27.7 Å². The van der Waals surface area contributed by atoms with Crippen molar-refractivity contribution >= 4 is 17.9 Å². The highest BCUT2D eigenvalue weighted by Gasteiger charge is 2.31.